The van der Waals surface area contributed by atoms with Gasteiger partial charge in [-0.3, -0.25) is 9.59 Å². The molecular formula is C30H23ClN2O4. The van der Waals surface area contributed by atoms with Gasteiger partial charge in [-0.05, 0) is 59.3 Å². The second-order valence-corrected chi connectivity index (χ2v) is 9.33. The van der Waals surface area contributed by atoms with Crippen LogP contribution in [0.2, 0.25) is 0 Å². The average molecular weight is 511 g/mol. The van der Waals surface area contributed by atoms with Crippen LogP contribution >= 0.6 is 11.6 Å². The maximum Gasteiger partial charge on any atom is 0.343 e. The van der Waals surface area contributed by atoms with Crippen molar-refractivity contribution in [3.8, 4) is 5.75 Å². The van der Waals surface area contributed by atoms with Crippen molar-refractivity contribution in [3.05, 3.63) is 113 Å². The fourth-order valence-electron chi connectivity index (χ4n) is 4.15. The minimum atomic E-state index is -0.603. The van der Waals surface area contributed by atoms with Crippen LogP contribution in [0.15, 0.2) is 102 Å². The fourth-order valence-corrected chi connectivity index (χ4v) is 4.37. The van der Waals surface area contributed by atoms with Gasteiger partial charge < -0.3 is 10.1 Å². The van der Waals surface area contributed by atoms with Gasteiger partial charge in [-0.15, -0.1) is 0 Å². The molecule has 0 aromatic heterocycles. The summed E-state index contributed by atoms with van der Waals surface area (Å²) in [5, 5.41) is 4.39. The summed E-state index contributed by atoms with van der Waals surface area (Å²) in [4.78, 5) is 39.8. The molecule has 37 heavy (non-hydrogen) atoms. The molecule has 0 spiro atoms. The van der Waals surface area contributed by atoms with E-state index in [1.807, 2.05) is 42.5 Å². The monoisotopic (exact) mass is 510 g/mol. The summed E-state index contributed by atoms with van der Waals surface area (Å²) in [5.41, 5.74) is 2.42. The van der Waals surface area contributed by atoms with Crippen molar-refractivity contribution < 1.29 is 19.1 Å². The van der Waals surface area contributed by atoms with Crippen LogP contribution < -0.4 is 15.0 Å². The van der Waals surface area contributed by atoms with Crippen LogP contribution in [-0.2, 0) is 9.59 Å². The molecule has 1 N–H and O–H groups in total. The summed E-state index contributed by atoms with van der Waals surface area (Å²) in [7, 11) is 0. The third-order valence-corrected chi connectivity index (χ3v) is 6.53. The number of esters is 1. The zero-order chi connectivity index (χ0) is 26.1. The van der Waals surface area contributed by atoms with Gasteiger partial charge in [0.2, 0.25) is 0 Å². The number of nitrogens with one attached hydrogen (secondary N) is 1. The zero-order valence-electron chi connectivity index (χ0n) is 20.2. The van der Waals surface area contributed by atoms with Crippen LogP contribution in [0.1, 0.15) is 35.7 Å². The number of ether oxygens (including phenoxy) is 1. The summed E-state index contributed by atoms with van der Waals surface area (Å²) < 4.78 is 5.46. The molecule has 0 bridgehead atoms. The zero-order valence-corrected chi connectivity index (χ0v) is 21.0. The molecule has 0 saturated carbocycles. The molecule has 7 heteroatoms. The molecular weight excluding hydrogens is 488 g/mol. The summed E-state index contributed by atoms with van der Waals surface area (Å²) in [5.74, 6) is -0.823. The normalized spacial score (nSPS) is 13.6. The van der Waals surface area contributed by atoms with Crippen molar-refractivity contribution in [2.75, 3.05) is 10.2 Å². The van der Waals surface area contributed by atoms with E-state index in [1.165, 1.54) is 0 Å². The first-order valence-electron chi connectivity index (χ1n) is 11.8. The number of amides is 2. The minimum absolute atomic E-state index is 0.0276. The van der Waals surface area contributed by atoms with Crippen molar-refractivity contribution in [1.29, 1.82) is 0 Å². The van der Waals surface area contributed by atoms with E-state index in [2.05, 4.69) is 19.2 Å². The molecule has 5 rings (SSSR count). The summed E-state index contributed by atoms with van der Waals surface area (Å²) >= 11 is 6.30. The number of benzene rings is 4. The number of anilines is 2. The standard InChI is InChI=1S/C30H23ClN2O4/c1-18(2)19-12-16-23(17-13-19)37-30(36)21-10-14-22(15-11-21)32-27-26(31)28(34)33(29(27)35)25-9-5-7-20-6-3-4-8-24(20)25/h3-18,32H,1-2H3. The Bertz CT molecular complexity index is 1550. The summed E-state index contributed by atoms with van der Waals surface area (Å²) in [6, 6.07) is 26.7. The van der Waals surface area contributed by atoms with E-state index in [0.29, 0.717) is 28.6 Å². The predicted molar refractivity (Wildman–Crippen MR) is 145 cm³/mol. The topological polar surface area (TPSA) is 75.7 Å². The lowest BCUT2D eigenvalue weighted by atomic mass is 10.0. The molecule has 0 unspecified atom stereocenters. The molecule has 1 aliphatic heterocycles. The first kappa shape index (κ1) is 24.3. The Morgan fingerprint density at radius 2 is 1.51 bits per heavy atom. The molecule has 4 aromatic carbocycles. The van der Waals surface area contributed by atoms with Gasteiger partial charge in [0, 0.05) is 11.1 Å². The first-order valence-corrected chi connectivity index (χ1v) is 12.2. The van der Waals surface area contributed by atoms with Gasteiger partial charge in [0.25, 0.3) is 11.8 Å². The van der Waals surface area contributed by atoms with Crippen LogP contribution in [0.3, 0.4) is 0 Å². The van der Waals surface area contributed by atoms with Crippen molar-refractivity contribution in [2.24, 2.45) is 0 Å². The Kier molecular flexibility index (Phi) is 6.51. The molecule has 2 amide bonds. The molecule has 184 valence electrons. The number of carbonyl (C=O) groups excluding carboxylic acids is 3. The maximum atomic E-state index is 13.2. The highest BCUT2D eigenvalue weighted by Crippen LogP contribution is 2.34. The lowest BCUT2D eigenvalue weighted by Crippen LogP contribution is -2.32. The van der Waals surface area contributed by atoms with Gasteiger partial charge in [-0.1, -0.05) is 74.0 Å². The highest BCUT2D eigenvalue weighted by Gasteiger charge is 2.39. The van der Waals surface area contributed by atoms with Gasteiger partial charge in [0.05, 0.1) is 11.3 Å². The summed E-state index contributed by atoms with van der Waals surface area (Å²) in [6.07, 6.45) is 0. The van der Waals surface area contributed by atoms with Crippen LogP contribution in [0, 0.1) is 0 Å². The van der Waals surface area contributed by atoms with E-state index in [-0.39, 0.29) is 10.7 Å². The van der Waals surface area contributed by atoms with E-state index < -0.39 is 17.8 Å². The third-order valence-electron chi connectivity index (χ3n) is 6.18. The lowest BCUT2D eigenvalue weighted by molar-refractivity contribution is -0.120. The highest BCUT2D eigenvalue weighted by atomic mass is 35.5. The molecule has 1 aliphatic rings. The molecule has 0 saturated heterocycles. The van der Waals surface area contributed by atoms with Crippen LogP contribution in [-0.4, -0.2) is 17.8 Å². The van der Waals surface area contributed by atoms with Gasteiger partial charge >= 0.3 is 5.97 Å². The van der Waals surface area contributed by atoms with Crippen molar-refractivity contribution >= 4 is 51.5 Å². The molecule has 0 fully saturated rings. The van der Waals surface area contributed by atoms with Crippen molar-refractivity contribution in [3.63, 3.8) is 0 Å². The molecule has 6 nitrogen and oxygen atoms in total. The highest BCUT2D eigenvalue weighted by molar-refractivity contribution is 6.53. The van der Waals surface area contributed by atoms with Gasteiger partial charge in [0.1, 0.15) is 16.5 Å². The van der Waals surface area contributed by atoms with E-state index in [9.17, 15) is 14.4 Å². The largest absolute Gasteiger partial charge is 0.423 e. The van der Waals surface area contributed by atoms with Crippen molar-refractivity contribution in [1.82, 2.24) is 0 Å². The number of rotatable bonds is 6. The number of hydrogen-bond donors (Lipinski definition) is 1. The summed E-state index contributed by atoms with van der Waals surface area (Å²) in [6.45, 7) is 4.19. The van der Waals surface area contributed by atoms with E-state index in [4.69, 9.17) is 16.3 Å². The molecule has 1 heterocycles. The Morgan fingerprint density at radius 1 is 0.838 bits per heavy atom. The number of halogens is 1. The van der Waals surface area contributed by atoms with E-state index in [1.54, 1.807) is 48.5 Å². The fraction of sp³-hybridized carbons (Fsp3) is 0.100. The molecule has 4 aromatic rings. The second kappa shape index (κ2) is 9.91. The Morgan fingerprint density at radius 3 is 2.22 bits per heavy atom. The van der Waals surface area contributed by atoms with Gasteiger partial charge in [0.15, 0.2) is 0 Å². The van der Waals surface area contributed by atoms with E-state index >= 15 is 0 Å². The van der Waals surface area contributed by atoms with Gasteiger partial charge in [-0.25, -0.2) is 9.69 Å². The van der Waals surface area contributed by atoms with E-state index in [0.717, 1.165) is 21.2 Å². The smallest absolute Gasteiger partial charge is 0.343 e. The molecule has 0 radical (unpaired) electrons. The minimum Gasteiger partial charge on any atom is -0.423 e. The number of fused-ring (bicyclic) bond motifs is 1. The van der Waals surface area contributed by atoms with Crippen LogP contribution in [0.4, 0.5) is 11.4 Å². The third kappa shape index (κ3) is 4.71. The lowest BCUT2D eigenvalue weighted by Gasteiger charge is -2.17. The van der Waals surface area contributed by atoms with Crippen LogP contribution in [0.25, 0.3) is 10.8 Å². The number of hydrogen-bond acceptors (Lipinski definition) is 5. The number of imide groups is 1. The average Bonchev–Trinajstić information content (AvgIpc) is 3.12. The quantitative estimate of drug-likeness (QED) is 0.179. The van der Waals surface area contributed by atoms with Gasteiger partial charge in [-0.2, -0.15) is 0 Å². The number of carbonyl (C=O) groups is 3. The molecule has 0 aliphatic carbocycles. The van der Waals surface area contributed by atoms with Crippen LogP contribution in [0.5, 0.6) is 5.75 Å². The molecule has 0 atom stereocenters. The first-order chi connectivity index (χ1) is 17.8. The Hall–Kier alpha value is -4.42. The number of nitrogens with zero attached hydrogens (tertiary/aromatic N) is 1. The SMILES string of the molecule is CC(C)c1ccc(OC(=O)c2ccc(NC3=C(Cl)C(=O)N(c4cccc5ccccc45)C3=O)cc2)cc1. The second-order valence-electron chi connectivity index (χ2n) is 8.95. The Labute approximate surface area is 219 Å². The predicted octanol–water partition coefficient (Wildman–Crippen LogP) is 6.62. The Balaban J connectivity index is 1.31. The van der Waals surface area contributed by atoms with Crippen molar-refractivity contribution in [2.45, 2.75) is 19.8 Å². The maximum absolute atomic E-state index is 13.2.